The lowest BCUT2D eigenvalue weighted by molar-refractivity contribution is 1.18. The molecule has 0 saturated carbocycles. The Hall–Kier alpha value is -5.71. The van der Waals surface area contributed by atoms with Crippen molar-refractivity contribution < 1.29 is 0 Å². The van der Waals surface area contributed by atoms with Crippen molar-refractivity contribution in [1.29, 1.82) is 0 Å². The average molecular weight is 594 g/mol. The molecule has 3 nitrogen and oxygen atoms in total. The number of para-hydroxylation sites is 2. The number of hydrogen-bond acceptors (Lipinski definition) is 3. The van der Waals surface area contributed by atoms with Gasteiger partial charge >= 0.3 is 0 Å². The number of nitrogens with zero attached hydrogens (tertiary/aromatic N) is 3. The Bertz CT molecular complexity index is 2490. The maximum Gasteiger partial charge on any atom is 0.0562 e. The first-order valence-corrected chi connectivity index (χ1v) is 15.9. The van der Waals surface area contributed by atoms with Gasteiger partial charge < -0.3 is 9.47 Å². The summed E-state index contributed by atoms with van der Waals surface area (Å²) >= 11 is 1.85. The Kier molecular flexibility index (Phi) is 6.00. The van der Waals surface area contributed by atoms with Gasteiger partial charge in [0.15, 0.2) is 0 Å². The SMILES string of the molecule is c1ccc(N(c2ccc3sc4ccccc4c3c2)c2cccc3c2c2ccccc2n3-c2cccc(-c3ccncc3)c2)cc1. The summed E-state index contributed by atoms with van der Waals surface area (Å²) in [6, 6.07) is 54.7. The topological polar surface area (TPSA) is 21.1 Å². The minimum absolute atomic E-state index is 1.13. The second kappa shape index (κ2) is 10.5. The largest absolute Gasteiger partial charge is 0.310 e. The number of aromatic nitrogens is 2. The number of rotatable bonds is 5. The zero-order valence-electron chi connectivity index (χ0n) is 24.3. The molecule has 0 aliphatic heterocycles. The molecule has 0 aliphatic carbocycles. The Morgan fingerprint density at radius 3 is 2.11 bits per heavy atom. The molecule has 9 rings (SSSR count). The van der Waals surface area contributed by atoms with Gasteiger partial charge in [-0.3, -0.25) is 4.98 Å². The molecule has 0 aliphatic rings. The van der Waals surface area contributed by atoms with Crippen LogP contribution >= 0.6 is 11.3 Å². The van der Waals surface area contributed by atoms with Crippen molar-refractivity contribution in [2.24, 2.45) is 0 Å². The van der Waals surface area contributed by atoms with E-state index in [0.717, 1.165) is 28.3 Å². The van der Waals surface area contributed by atoms with Crippen LogP contribution in [0.2, 0.25) is 0 Å². The van der Waals surface area contributed by atoms with Crippen LogP contribution in [0.3, 0.4) is 0 Å². The molecule has 0 saturated heterocycles. The van der Waals surface area contributed by atoms with Gasteiger partial charge in [-0.05, 0) is 90.0 Å². The molecule has 0 fully saturated rings. The fourth-order valence-electron chi connectivity index (χ4n) is 6.69. The van der Waals surface area contributed by atoms with Crippen molar-refractivity contribution in [3.8, 4) is 16.8 Å². The van der Waals surface area contributed by atoms with Crippen LogP contribution in [0.1, 0.15) is 0 Å². The number of thiophene rings is 1. The zero-order valence-corrected chi connectivity index (χ0v) is 25.2. The molecule has 3 heterocycles. The molecule has 45 heavy (non-hydrogen) atoms. The second-order valence-corrected chi connectivity index (χ2v) is 12.3. The molecule has 0 amide bonds. The maximum absolute atomic E-state index is 4.22. The van der Waals surface area contributed by atoms with Crippen LogP contribution < -0.4 is 4.90 Å². The van der Waals surface area contributed by atoms with Crippen molar-refractivity contribution in [3.05, 3.63) is 164 Å². The lowest BCUT2D eigenvalue weighted by Crippen LogP contribution is -2.10. The van der Waals surface area contributed by atoms with E-state index in [4.69, 9.17) is 0 Å². The molecule has 0 radical (unpaired) electrons. The summed E-state index contributed by atoms with van der Waals surface area (Å²) in [6.45, 7) is 0. The van der Waals surface area contributed by atoms with E-state index < -0.39 is 0 Å². The van der Waals surface area contributed by atoms with Crippen molar-refractivity contribution in [3.63, 3.8) is 0 Å². The highest BCUT2D eigenvalue weighted by molar-refractivity contribution is 7.25. The second-order valence-electron chi connectivity index (χ2n) is 11.3. The first kappa shape index (κ1) is 25.8. The summed E-state index contributed by atoms with van der Waals surface area (Å²) in [4.78, 5) is 6.64. The standard InChI is InChI=1S/C41H27N3S/c1-2-11-30(12-3-1)43(32-20-21-40-35(27-32)33-14-5-7-19-39(33)45-40)37-17-9-18-38-41(37)34-15-4-6-16-36(34)44(38)31-13-8-10-29(26-31)28-22-24-42-25-23-28/h1-27H. The Balaban J connectivity index is 1.32. The number of fused-ring (bicyclic) bond motifs is 6. The molecule has 0 atom stereocenters. The van der Waals surface area contributed by atoms with E-state index in [-0.39, 0.29) is 0 Å². The summed E-state index contributed by atoms with van der Waals surface area (Å²) in [6.07, 6.45) is 3.70. The first-order chi connectivity index (χ1) is 22.3. The van der Waals surface area contributed by atoms with Gasteiger partial charge in [-0.1, -0.05) is 72.8 Å². The fourth-order valence-corrected chi connectivity index (χ4v) is 7.78. The minimum atomic E-state index is 1.13. The van der Waals surface area contributed by atoms with E-state index in [1.165, 1.54) is 47.5 Å². The zero-order chi connectivity index (χ0) is 29.7. The third kappa shape index (κ3) is 4.22. The predicted octanol–water partition coefficient (Wildman–Crippen LogP) is 11.7. The first-order valence-electron chi connectivity index (χ1n) is 15.1. The van der Waals surface area contributed by atoms with E-state index in [2.05, 4.69) is 166 Å². The van der Waals surface area contributed by atoms with Gasteiger partial charge in [0.1, 0.15) is 0 Å². The highest BCUT2D eigenvalue weighted by atomic mass is 32.1. The highest BCUT2D eigenvalue weighted by Crippen LogP contribution is 2.45. The maximum atomic E-state index is 4.22. The van der Waals surface area contributed by atoms with Crippen molar-refractivity contribution in [1.82, 2.24) is 9.55 Å². The minimum Gasteiger partial charge on any atom is -0.310 e. The van der Waals surface area contributed by atoms with Crippen molar-refractivity contribution >= 4 is 70.4 Å². The number of anilines is 3. The summed E-state index contributed by atoms with van der Waals surface area (Å²) < 4.78 is 5.02. The van der Waals surface area contributed by atoms with E-state index in [1.54, 1.807) is 0 Å². The summed E-state index contributed by atoms with van der Waals surface area (Å²) in [5, 5.41) is 5.04. The van der Waals surface area contributed by atoms with Gasteiger partial charge in [-0.25, -0.2) is 0 Å². The van der Waals surface area contributed by atoms with Crippen LogP contribution in [0, 0.1) is 0 Å². The van der Waals surface area contributed by atoms with Crippen LogP contribution in [0.4, 0.5) is 17.1 Å². The molecule has 3 aromatic heterocycles. The third-order valence-electron chi connectivity index (χ3n) is 8.67. The Labute approximate surface area is 264 Å². The molecule has 0 bridgehead atoms. The van der Waals surface area contributed by atoms with E-state index >= 15 is 0 Å². The van der Waals surface area contributed by atoms with E-state index in [1.807, 2.05) is 23.7 Å². The Morgan fingerprint density at radius 1 is 0.489 bits per heavy atom. The summed E-state index contributed by atoms with van der Waals surface area (Å²) in [5.41, 5.74) is 9.21. The molecular formula is C41H27N3S. The molecular weight excluding hydrogens is 567 g/mol. The third-order valence-corrected chi connectivity index (χ3v) is 9.82. The van der Waals surface area contributed by atoms with Gasteiger partial charge in [0.05, 0.1) is 16.7 Å². The predicted molar refractivity (Wildman–Crippen MR) is 192 cm³/mol. The normalized spacial score (nSPS) is 11.6. The van der Waals surface area contributed by atoms with Crippen molar-refractivity contribution in [2.45, 2.75) is 0 Å². The highest BCUT2D eigenvalue weighted by Gasteiger charge is 2.21. The van der Waals surface area contributed by atoms with Crippen LogP contribution in [-0.2, 0) is 0 Å². The average Bonchev–Trinajstić information content (AvgIpc) is 3.65. The number of hydrogen-bond donors (Lipinski definition) is 0. The van der Waals surface area contributed by atoms with Crippen LogP contribution in [-0.4, -0.2) is 9.55 Å². The molecule has 0 unspecified atom stereocenters. The van der Waals surface area contributed by atoms with E-state index in [9.17, 15) is 0 Å². The van der Waals surface area contributed by atoms with Crippen LogP contribution in [0.25, 0.3) is 58.8 Å². The van der Waals surface area contributed by atoms with E-state index in [0.29, 0.717) is 0 Å². The van der Waals surface area contributed by atoms with Gasteiger partial charge in [0.25, 0.3) is 0 Å². The molecule has 6 aromatic carbocycles. The molecule has 4 heteroatoms. The Morgan fingerprint density at radius 2 is 1.22 bits per heavy atom. The van der Waals surface area contributed by atoms with Crippen LogP contribution in [0.15, 0.2) is 164 Å². The van der Waals surface area contributed by atoms with Crippen LogP contribution in [0.5, 0.6) is 0 Å². The molecule has 9 aromatic rings. The lowest BCUT2D eigenvalue weighted by Gasteiger charge is -2.26. The van der Waals surface area contributed by atoms with Gasteiger partial charge in [-0.15, -0.1) is 11.3 Å². The quantitative estimate of drug-likeness (QED) is 0.198. The fraction of sp³-hybridized carbons (Fsp3) is 0. The monoisotopic (exact) mass is 593 g/mol. The lowest BCUT2D eigenvalue weighted by atomic mass is 10.1. The van der Waals surface area contributed by atoms with Gasteiger partial charge in [0, 0.05) is 60.4 Å². The number of pyridine rings is 1. The van der Waals surface area contributed by atoms with Gasteiger partial charge in [0.2, 0.25) is 0 Å². The molecule has 0 spiro atoms. The summed E-state index contributed by atoms with van der Waals surface area (Å²) in [5.74, 6) is 0. The smallest absolute Gasteiger partial charge is 0.0562 e. The molecule has 0 N–H and O–H groups in total. The van der Waals surface area contributed by atoms with Gasteiger partial charge in [-0.2, -0.15) is 0 Å². The van der Waals surface area contributed by atoms with Crippen molar-refractivity contribution in [2.75, 3.05) is 4.90 Å². The molecule has 212 valence electrons. The number of benzene rings is 6. The summed E-state index contributed by atoms with van der Waals surface area (Å²) in [7, 11) is 0.